The minimum atomic E-state index is -0.818. The molecule has 2 N–H and O–H groups in total. The molecule has 1 amide bonds. The van der Waals surface area contributed by atoms with Gasteiger partial charge >= 0.3 is 5.69 Å². The highest BCUT2D eigenvalue weighted by atomic mass is 35.5. The number of primary amides is 1. The van der Waals surface area contributed by atoms with Crippen molar-refractivity contribution in [2.24, 2.45) is 10.8 Å². The second kappa shape index (κ2) is 11.5. The maximum atomic E-state index is 13.6. The number of hydrogen-bond acceptors (Lipinski definition) is 8. The van der Waals surface area contributed by atoms with Gasteiger partial charge in [0.25, 0.3) is 11.5 Å². The number of aromatic nitrogens is 2. The first-order chi connectivity index (χ1) is 19.0. The van der Waals surface area contributed by atoms with Gasteiger partial charge in [0, 0.05) is 17.2 Å². The second-order valence-electron chi connectivity index (χ2n) is 9.24. The minimum absolute atomic E-state index is 0.122. The SMILES string of the molecule is COc1cc(C)c(-c2nc3ccccc3c(=O)n2N=Cc2cc(Cl)c(OCC(N)=O)c([N+](=O)[O-])c2)cc1C(C)C. The number of nitro benzene ring substituents is 1. The molecule has 4 aromatic rings. The first-order valence-corrected chi connectivity index (χ1v) is 12.5. The van der Waals surface area contributed by atoms with Crippen molar-refractivity contribution in [1.29, 1.82) is 0 Å². The van der Waals surface area contributed by atoms with E-state index < -0.39 is 28.7 Å². The lowest BCUT2D eigenvalue weighted by Gasteiger charge is -2.17. The predicted octanol–water partition coefficient (Wildman–Crippen LogP) is 4.81. The van der Waals surface area contributed by atoms with Crippen LogP contribution in [0.2, 0.25) is 5.02 Å². The van der Waals surface area contributed by atoms with Crippen LogP contribution in [0.25, 0.3) is 22.3 Å². The third kappa shape index (κ3) is 5.64. The van der Waals surface area contributed by atoms with Crippen LogP contribution in [0, 0.1) is 17.0 Å². The summed E-state index contributed by atoms with van der Waals surface area (Å²) in [5, 5.41) is 16.3. The molecule has 12 heteroatoms. The molecule has 3 aromatic carbocycles. The number of nitro groups is 1. The van der Waals surface area contributed by atoms with E-state index in [2.05, 4.69) is 5.10 Å². The van der Waals surface area contributed by atoms with E-state index in [1.807, 2.05) is 32.9 Å². The number of methoxy groups -OCH3 is 1. The lowest BCUT2D eigenvalue weighted by atomic mass is 9.96. The van der Waals surface area contributed by atoms with Gasteiger partial charge < -0.3 is 15.2 Å². The number of ether oxygens (including phenoxy) is 2. The van der Waals surface area contributed by atoms with Gasteiger partial charge in [-0.15, -0.1) is 0 Å². The number of carbonyl (C=O) groups is 1. The molecular formula is C28H26ClN5O6. The number of amides is 1. The van der Waals surface area contributed by atoms with Gasteiger partial charge in [-0.3, -0.25) is 19.7 Å². The maximum absolute atomic E-state index is 13.6. The molecule has 4 rings (SSSR count). The number of carbonyl (C=O) groups excluding carboxylic acids is 1. The number of rotatable bonds is 9. The molecule has 0 unspecified atom stereocenters. The quantitative estimate of drug-likeness (QED) is 0.174. The van der Waals surface area contributed by atoms with E-state index in [0.29, 0.717) is 16.5 Å². The summed E-state index contributed by atoms with van der Waals surface area (Å²) < 4.78 is 11.9. The Morgan fingerprint density at radius 1 is 1.25 bits per heavy atom. The molecule has 0 atom stereocenters. The number of hydrogen-bond donors (Lipinski definition) is 1. The fourth-order valence-corrected chi connectivity index (χ4v) is 4.47. The van der Waals surface area contributed by atoms with Crippen LogP contribution in [0.3, 0.4) is 0 Å². The van der Waals surface area contributed by atoms with Crippen molar-refractivity contribution in [2.75, 3.05) is 13.7 Å². The molecule has 0 spiro atoms. The van der Waals surface area contributed by atoms with Crippen LogP contribution in [0.5, 0.6) is 11.5 Å². The summed E-state index contributed by atoms with van der Waals surface area (Å²) in [6.45, 7) is 5.35. The van der Waals surface area contributed by atoms with Crippen molar-refractivity contribution >= 4 is 40.3 Å². The van der Waals surface area contributed by atoms with Gasteiger partial charge in [-0.1, -0.05) is 37.6 Å². The van der Waals surface area contributed by atoms with Crippen LogP contribution >= 0.6 is 11.6 Å². The predicted molar refractivity (Wildman–Crippen MR) is 153 cm³/mol. The first kappa shape index (κ1) is 28.2. The fraction of sp³-hybridized carbons (Fsp3) is 0.214. The van der Waals surface area contributed by atoms with Gasteiger partial charge in [0.15, 0.2) is 12.4 Å². The van der Waals surface area contributed by atoms with E-state index in [0.717, 1.165) is 21.6 Å². The zero-order valence-corrected chi connectivity index (χ0v) is 22.9. The maximum Gasteiger partial charge on any atom is 0.313 e. The van der Waals surface area contributed by atoms with Crippen molar-refractivity contribution in [3.05, 3.63) is 90.7 Å². The Labute approximate surface area is 234 Å². The summed E-state index contributed by atoms with van der Waals surface area (Å²) in [7, 11) is 1.60. The molecule has 0 aliphatic carbocycles. The molecule has 0 fully saturated rings. The van der Waals surface area contributed by atoms with Crippen molar-refractivity contribution in [2.45, 2.75) is 26.7 Å². The van der Waals surface area contributed by atoms with E-state index in [1.165, 1.54) is 18.3 Å². The van der Waals surface area contributed by atoms with E-state index in [9.17, 15) is 19.7 Å². The van der Waals surface area contributed by atoms with Crippen molar-refractivity contribution in [3.63, 3.8) is 0 Å². The molecule has 0 saturated carbocycles. The average molecular weight is 564 g/mol. The van der Waals surface area contributed by atoms with E-state index in [1.54, 1.807) is 31.4 Å². The fourth-order valence-electron chi connectivity index (χ4n) is 4.19. The van der Waals surface area contributed by atoms with Crippen molar-refractivity contribution < 1.29 is 19.2 Å². The number of halogens is 1. The van der Waals surface area contributed by atoms with Crippen LogP contribution in [-0.2, 0) is 4.79 Å². The lowest BCUT2D eigenvalue weighted by Crippen LogP contribution is -2.21. The summed E-state index contributed by atoms with van der Waals surface area (Å²) in [6.07, 6.45) is 1.26. The largest absolute Gasteiger partial charge is 0.496 e. The summed E-state index contributed by atoms with van der Waals surface area (Å²) in [6, 6.07) is 13.2. The smallest absolute Gasteiger partial charge is 0.313 e. The molecule has 1 heterocycles. The lowest BCUT2D eigenvalue weighted by molar-refractivity contribution is -0.385. The normalized spacial score (nSPS) is 11.3. The molecule has 0 aliphatic rings. The molecule has 40 heavy (non-hydrogen) atoms. The molecule has 0 bridgehead atoms. The molecule has 1 aromatic heterocycles. The van der Waals surface area contributed by atoms with Gasteiger partial charge in [-0.05, 0) is 54.3 Å². The summed E-state index contributed by atoms with van der Waals surface area (Å²) in [5.74, 6) is -0.000424. The van der Waals surface area contributed by atoms with Gasteiger partial charge in [-0.25, -0.2) is 4.98 Å². The Morgan fingerprint density at radius 2 is 1.98 bits per heavy atom. The molecule has 11 nitrogen and oxygen atoms in total. The zero-order chi connectivity index (χ0) is 29.1. The number of benzene rings is 3. The molecular weight excluding hydrogens is 538 g/mol. The Bertz CT molecular complexity index is 1730. The Hall–Kier alpha value is -4.77. The molecule has 0 radical (unpaired) electrons. The summed E-state index contributed by atoms with van der Waals surface area (Å²) in [4.78, 5) is 40.5. The second-order valence-corrected chi connectivity index (χ2v) is 9.65. The molecule has 0 saturated heterocycles. The summed E-state index contributed by atoms with van der Waals surface area (Å²) >= 11 is 6.24. The van der Waals surface area contributed by atoms with Gasteiger partial charge in [0.1, 0.15) is 5.75 Å². The molecule has 206 valence electrons. The van der Waals surface area contributed by atoms with Crippen molar-refractivity contribution in [3.8, 4) is 22.9 Å². The minimum Gasteiger partial charge on any atom is -0.496 e. The highest BCUT2D eigenvalue weighted by Crippen LogP contribution is 2.36. The number of fused-ring (bicyclic) bond motifs is 1. The number of aryl methyl sites for hydroxylation is 1. The van der Waals surface area contributed by atoms with Crippen molar-refractivity contribution in [1.82, 2.24) is 9.66 Å². The average Bonchev–Trinajstić information content (AvgIpc) is 2.91. The van der Waals surface area contributed by atoms with Crippen LogP contribution in [-0.4, -0.2) is 40.4 Å². The standard InChI is InChI=1S/C28H26ClN5O6/c1-15(2)19-12-20(16(3)9-24(19)39-4)27-32-22-8-6-5-7-18(22)28(36)33(27)31-13-17-10-21(29)26(40-14-25(30)35)23(11-17)34(37)38/h5-13,15H,14H2,1-4H3,(H2,30,35). The van der Waals surface area contributed by atoms with Gasteiger partial charge in [0.05, 0.1) is 34.2 Å². The Balaban J connectivity index is 1.92. The van der Waals surface area contributed by atoms with Crippen LogP contribution < -0.4 is 20.8 Å². The number of nitrogens with two attached hydrogens (primary N) is 1. The number of para-hydroxylation sites is 1. The van der Waals surface area contributed by atoms with E-state index in [4.69, 9.17) is 31.8 Å². The first-order valence-electron chi connectivity index (χ1n) is 12.2. The number of nitrogens with zero attached hydrogens (tertiary/aromatic N) is 4. The topological polar surface area (TPSA) is 152 Å². The zero-order valence-electron chi connectivity index (χ0n) is 22.2. The van der Waals surface area contributed by atoms with Crippen LogP contribution in [0.1, 0.15) is 36.5 Å². The van der Waals surface area contributed by atoms with Gasteiger partial charge in [-0.2, -0.15) is 9.78 Å². The Kier molecular flexibility index (Phi) is 8.15. The van der Waals surface area contributed by atoms with E-state index >= 15 is 0 Å². The third-order valence-electron chi connectivity index (χ3n) is 6.12. The highest BCUT2D eigenvalue weighted by molar-refractivity contribution is 6.32. The molecule has 0 aliphatic heterocycles. The van der Waals surface area contributed by atoms with Crippen LogP contribution in [0.15, 0.2) is 58.4 Å². The monoisotopic (exact) mass is 563 g/mol. The van der Waals surface area contributed by atoms with Gasteiger partial charge in [0.2, 0.25) is 5.75 Å². The highest BCUT2D eigenvalue weighted by Gasteiger charge is 2.22. The van der Waals surface area contributed by atoms with Crippen LogP contribution in [0.4, 0.5) is 5.69 Å². The van der Waals surface area contributed by atoms with E-state index in [-0.39, 0.29) is 28.1 Å². The third-order valence-corrected chi connectivity index (χ3v) is 6.40. The summed E-state index contributed by atoms with van der Waals surface area (Å²) in [5.41, 5.74) is 7.27. The Morgan fingerprint density at radius 3 is 2.62 bits per heavy atom.